The first kappa shape index (κ1) is 22.4. The van der Waals surface area contributed by atoms with Crippen molar-refractivity contribution < 1.29 is 14.1 Å². The zero-order valence-corrected chi connectivity index (χ0v) is 19.5. The van der Waals surface area contributed by atoms with E-state index < -0.39 is 5.91 Å². The number of aromatic nitrogens is 4. The molecule has 1 N–H and O–H groups in total. The monoisotopic (exact) mass is 471 g/mol. The molecule has 0 saturated carbocycles. The number of hydrogen-bond donors (Lipinski definition) is 1. The summed E-state index contributed by atoms with van der Waals surface area (Å²) < 4.78 is 14.1. The SMILES string of the molecule is CCCn1c2ccccc2c2cnn(CC(=O)Nc3cc(-c4ccccc4OCC)no3)c(=O)c21. The molecule has 0 radical (unpaired) electrons. The summed E-state index contributed by atoms with van der Waals surface area (Å²) in [5.74, 6) is 0.399. The maximum atomic E-state index is 13.3. The lowest BCUT2D eigenvalue weighted by Crippen LogP contribution is -2.30. The molecule has 0 aliphatic heterocycles. The molecule has 1 amide bonds. The standard InChI is InChI=1S/C26H25N5O4/c1-3-13-30-21-11-7-5-9-17(21)19-15-27-31(26(33)25(19)30)16-23(32)28-24-14-20(29-35-24)18-10-6-8-12-22(18)34-4-2/h5-12,14-15H,3-4,13,16H2,1-2H3,(H,28,32). The highest BCUT2D eigenvalue weighted by Gasteiger charge is 2.18. The smallest absolute Gasteiger partial charge is 0.291 e. The highest BCUT2D eigenvalue weighted by atomic mass is 16.5. The minimum Gasteiger partial charge on any atom is -0.493 e. The summed E-state index contributed by atoms with van der Waals surface area (Å²) in [6, 6.07) is 16.9. The number of para-hydroxylation sites is 2. The first-order valence-electron chi connectivity index (χ1n) is 11.6. The van der Waals surface area contributed by atoms with Crippen LogP contribution in [-0.2, 0) is 17.9 Å². The summed E-state index contributed by atoms with van der Waals surface area (Å²) in [7, 11) is 0. The van der Waals surface area contributed by atoms with Gasteiger partial charge in [0.2, 0.25) is 11.8 Å². The number of nitrogens with one attached hydrogen (secondary N) is 1. The van der Waals surface area contributed by atoms with E-state index in [0.717, 1.165) is 28.3 Å². The molecule has 0 fully saturated rings. The Balaban J connectivity index is 1.40. The average molecular weight is 472 g/mol. The first-order valence-corrected chi connectivity index (χ1v) is 11.6. The van der Waals surface area contributed by atoms with Gasteiger partial charge in [-0.3, -0.25) is 14.9 Å². The lowest BCUT2D eigenvalue weighted by Gasteiger charge is -2.07. The fourth-order valence-electron chi connectivity index (χ4n) is 4.30. The van der Waals surface area contributed by atoms with Crippen LogP contribution in [0.15, 0.2) is 70.1 Å². The van der Waals surface area contributed by atoms with Gasteiger partial charge in [-0.05, 0) is 31.5 Å². The van der Waals surface area contributed by atoms with Gasteiger partial charge in [-0.15, -0.1) is 0 Å². The van der Waals surface area contributed by atoms with Crippen molar-refractivity contribution in [2.75, 3.05) is 11.9 Å². The van der Waals surface area contributed by atoms with Crippen LogP contribution in [0.2, 0.25) is 0 Å². The zero-order valence-electron chi connectivity index (χ0n) is 19.5. The van der Waals surface area contributed by atoms with Crippen molar-refractivity contribution in [2.45, 2.75) is 33.4 Å². The van der Waals surface area contributed by atoms with Crippen LogP contribution in [0, 0.1) is 0 Å². The summed E-state index contributed by atoms with van der Waals surface area (Å²) >= 11 is 0. The molecule has 0 aliphatic carbocycles. The topological polar surface area (TPSA) is 104 Å². The normalized spacial score (nSPS) is 11.3. The minimum atomic E-state index is -0.446. The van der Waals surface area contributed by atoms with Gasteiger partial charge in [0.1, 0.15) is 23.5 Å². The summed E-state index contributed by atoms with van der Waals surface area (Å²) in [4.78, 5) is 26.1. The zero-order chi connectivity index (χ0) is 24.4. The van der Waals surface area contributed by atoms with Gasteiger partial charge in [-0.2, -0.15) is 5.10 Å². The Hall–Kier alpha value is -4.40. The van der Waals surface area contributed by atoms with E-state index in [1.54, 1.807) is 12.3 Å². The Morgan fingerprint density at radius 3 is 2.71 bits per heavy atom. The average Bonchev–Trinajstić information content (AvgIpc) is 3.45. The predicted molar refractivity (Wildman–Crippen MR) is 134 cm³/mol. The number of carbonyl (C=O) groups excluding carboxylic acids is 1. The van der Waals surface area contributed by atoms with Crippen LogP contribution >= 0.6 is 0 Å². The Kier molecular flexibility index (Phi) is 6.05. The number of carbonyl (C=O) groups is 1. The molecule has 2 aromatic carbocycles. The summed E-state index contributed by atoms with van der Waals surface area (Å²) in [6.45, 7) is 4.92. The Morgan fingerprint density at radius 2 is 1.89 bits per heavy atom. The van der Waals surface area contributed by atoms with Crippen LogP contribution in [0.3, 0.4) is 0 Å². The van der Waals surface area contributed by atoms with Gasteiger partial charge in [0.25, 0.3) is 5.56 Å². The number of amides is 1. The quantitative estimate of drug-likeness (QED) is 0.358. The molecule has 3 aromatic heterocycles. The molecule has 0 unspecified atom stereocenters. The van der Waals surface area contributed by atoms with E-state index in [2.05, 4.69) is 22.5 Å². The molecule has 0 atom stereocenters. The molecule has 5 rings (SSSR count). The minimum absolute atomic E-state index is 0.172. The fraction of sp³-hybridized carbons (Fsp3) is 0.231. The highest BCUT2D eigenvalue weighted by Crippen LogP contribution is 2.30. The number of hydrogen-bond acceptors (Lipinski definition) is 6. The first-order chi connectivity index (χ1) is 17.1. The predicted octanol–water partition coefficient (Wildman–Crippen LogP) is 4.45. The Labute approximate surface area is 200 Å². The molecule has 178 valence electrons. The van der Waals surface area contributed by atoms with Gasteiger partial charge in [-0.1, -0.05) is 42.4 Å². The summed E-state index contributed by atoms with van der Waals surface area (Å²) in [5, 5.41) is 12.7. The second-order valence-electron chi connectivity index (χ2n) is 8.09. The van der Waals surface area contributed by atoms with Crippen LogP contribution in [0.4, 0.5) is 5.88 Å². The molecule has 0 aliphatic rings. The third-order valence-electron chi connectivity index (χ3n) is 5.75. The van der Waals surface area contributed by atoms with Crippen molar-refractivity contribution in [2.24, 2.45) is 0 Å². The molecular formula is C26H25N5O4. The molecule has 3 heterocycles. The van der Waals surface area contributed by atoms with Gasteiger partial charge in [-0.25, -0.2) is 4.68 Å². The van der Waals surface area contributed by atoms with Crippen LogP contribution in [0.5, 0.6) is 5.75 Å². The number of fused-ring (bicyclic) bond motifs is 3. The largest absolute Gasteiger partial charge is 0.493 e. The number of benzene rings is 2. The summed E-state index contributed by atoms with van der Waals surface area (Å²) in [6.07, 6.45) is 2.52. The van der Waals surface area contributed by atoms with Crippen molar-refractivity contribution >= 4 is 33.6 Å². The van der Waals surface area contributed by atoms with E-state index in [4.69, 9.17) is 9.26 Å². The third-order valence-corrected chi connectivity index (χ3v) is 5.75. The van der Waals surface area contributed by atoms with Gasteiger partial charge in [0.05, 0.1) is 12.8 Å². The third kappa shape index (κ3) is 4.16. The maximum absolute atomic E-state index is 13.3. The van der Waals surface area contributed by atoms with Crippen molar-refractivity contribution in [3.8, 4) is 17.0 Å². The van der Waals surface area contributed by atoms with Crippen LogP contribution in [0.25, 0.3) is 33.1 Å². The van der Waals surface area contributed by atoms with Gasteiger partial charge in [0, 0.05) is 34.5 Å². The van der Waals surface area contributed by atoms with E-state index in [0.29, 0.717) is 30.1 Å². The Bertz CT molecular complexity index is 1580. The van der Waals surface area contributed by atoms with E-state index in [1.807, 2.05) is 60.0 Å². The molecule has 5 aromatic rings. The van der Waals surface area contributed by atoms with E-state index in [1.165, 1.54) is 4.68 Å². The van der Waals surface area contributed by atoms with Gasteiger partial charge in [0.15, 0.2) is 0 Å². The maximum Gasteiger partial charge on any atom is 0.291 e. The van der Waals surface area contributed by atoms with Gasteiger partial charge < -0.3 is 13.8 Å². The number of rotatable bonds is 8. The van der Waals surface area contributed by atoms with E-state index in [-0.39, 0.29) is 18.0 Å². The molecule has 0 spiro atoms. The molecule has 9 nitrogen and oxygen atoms in total. The second-order valence-corrected chi connectivity index (χ2v) is 8.09. The molecule has 35 heavy (non-hydrogen) atoms. The second kappa shape index (κ2) is 9.46. The number of nitrogens with zero attached hydrogens (tertiary/aromatic N) is 4. The van der Waals surface area contributed by atoms with E-state index in [9.17, 15) is 9.59 Å². The van der Waals surface area contributed by atoms with Crippen LogP contribution < -0.4 is 15.6 Å². The van der Waals surface area contributed by atoms with Crippen molar-refractivity contribution in [3.05, 3.63) is 71.1 Å². The molecule has 0 saturated heterocycles. The van der Waals surface area contributed by atoms with Crippen molar-refractivity contribution in [3.63, 3.8) is 0 Å². The van der Waals surface area contributed by atoms with Crippen LogP contribution in [-0.4, -0.2) is 32.0 Å². The number of aryl methyl sites for hydroxylation is 1. The molecular weight excluding hydrogens is 446 g/mol. The van der Waals surface area contributed by atoms with Crippen molar-refractivity contribution in [1.29, 1.82) is 0 Å². The molecule has 0 bridgehead atoms. The lowest BCUT2D eigenvalue weighted by molar-refractivity contribution is -0.117. The van der Waals surface area contributed by atoms with E-state index >= 15 is 0 Å². The van der Waals surface area contributed by atoms with Crippen LogP contribution in [0.1, 0.15) is 20.3 Å². The Morgan fingerprint density at radius 1 is 1.09 bits per heavy atom. The van der Waals surface area contributed by atoms with Gasteiger partial charge >= 0.3 is 0 Å². The lowest BCUT2D eigenvalue weighted by atomic mass is 10.1. The fourth-order valence-corrected chi connectivity index (χ4v) is 4.30. The highest BCUT2D eigenvalue weighted by molar-refractivity contribution is 6.07. The van der Waals surface area contributed by atoms with Crippen molar-refractivity contribution in [1.82, 2.24) is 19.5 Å². The summed E-state index contributed by atoms with van der Waals surface area (Å²) in [5.41, 5.74) is 2.50. The number of anilines is 1. The molecule has 9 heteroatoms. The number of ether oxygens (including phenoxy) is 1.